The van der Waals surface area contributed by atoms with Gasteiger partial charge in [-0.25, -0.2) is 0 Å². The number of nitrogens with zero attached hydrogens (tertiary/aromatic N) is 1. The van der Waals surface area contributed by atoms with Crippen molar-refractivity contribution in [3.8, 4) is 0 Å². The average Bonchev–Trinajstić information content (AvgIpc) is 3.04. The summed E-state index contributed by atoms with van der Waals surface area (Å²) in [6.45, 7) is 0. The Labute approximate surface area is 153 Å². The normalized spacial score (nSPS) is 11.3. The number of nitro benzene ring substituents is 1. The molecule has 4 rings (SSSR count). The Balaban J connectivity index is 1.50. The van der Waals surface area contributed by atoms with Crippen molar-refractivity contribution in [1.82, 2.24) is 0 Å². The van der Waals surface area contributed by atoms with Crippen LogP contribution in [-0.2, 0) is 4.79 Å². The summed E-state index contributed by atoms with van der Waals surface area (Å²) >= 11 is 0. The number of nitrogens with one attached hydrogen (secondary N) is 1. The molecule has 0 saturated carbocycles. The standard InChI is InChI=1S/C21H14N2O4/c24-21(12-7-14-5-9-16(10-6-14)23(25)26)22-15-8-11-18-17-3-1-2-4-19(17)27-20(18)13-15/h1-13H,(H,22,24)/b12-7+. The van der Waals surface area contributed by atoms with Gasteiger partial charge in [0.25, 0.3) is 5.69 Å². The van der Waals surface area contributed by atoms with Gasteiger partial charge in [-0.2, -0.15) is 0 Å². The van der Waals surface area contributed by atoms with Gasteiger partial charge in [0.05, 0.1) is 4.92 Å². The molecule has 1 amide bonds. The number of hydrogen-bond donors (Lipinski definition) is 1. The summed E-state index contributed by atoms with van der Waals surface area (Å²) in [6, 6.07) is 19.2. The Hall–Kier alpha value is -3.93. The van der Waals surface area contributed by atoms with Gasteiger partial charge in [-0.3, -0.25) is 14.9 Å². The molecule has 3 aromatic carbocycles. The number of furan rings is 1. The summed E-state index contributed by atoms with van der Waals surface area (Å²) in [7, 11) is 0. The van der Waals surface area contributed by atoms with Gasteiger partial charge < -0.3 is 9.73 Å². The highest BCUT2D eigenvalue weighted by molar-refractivity contribution is 6.07. The molecular formula is C21H14N2O4. The number of carbonyl (C=O) groups is 1. The van der Waals surface area contributed by atoms with Crippen molar-refractivity contribution in [2.24, 2.45) is 0 Å². The summed E-state index contributed by atoms with van der Waals surface area (Å²) in [5.74, 6) is -0.302. The number of para-hydroxylation sites is 1. The zero-order valence-corrected chi connectivity index (χ0v) is 14.1. The van der Waals surface area contributed by atoms with Crippen LogP contribution < -0.4 is 5.32 Å². The van der Waals surface area contributed by atoms with Crippen LogP contribution in [0.1, 0.15) is 5.56 Å². The number of amides is 1. The monoisotopic (exact) mass is 358 g/mol. The smallest absolute Gasteiger partial charge is 0.269 e. The number of carbonyl (C=O) groups excluding carboxylic acids is 1. The maximum absolute atomic E-state index is 12.1. The van der Waals surface area contributed by atoms with Gasteiger partial charge in [0, 0.05) is 40.7 Å². The average molecular weight is 358 g/mol. The van der Waals surface area contributed by atoms with E-state index in [0.717, 1.165) is 16.4 Å². The van der Waals surface area contributed by atoms with E-state index >= 15 is 0 Å². The van der Waals surface area contributed by atoms with E-state index in [1.165, 1.54) is 18.2 Å². The van der Waals surface area contributed by atoms with Crippen molar-refractivity contribution in [2.75, 3.05) is 5.32 Å². The highest BCUT2D eigenvalue weighted by Gasteiger charge is 2.08. The molecule has 0 aliphatic rings. The molecule has 0 spiro atoms. The summed E-state index contributed by atoms with van der Waals surface area (Å²) in [5.41, 5.74) is 2.83. The van der Waals surface area contributed by atoms with E-state index < -0.39 is 4.92 Å². The Morgan fingerprint density at radius 1 is 0.963 bits per heavy atom. The van der Waals surface area contributed by atoms with Crippen LogP contribution in [0.25, 0.3) is 28.0 Å². The van der Waals surface area contributed by atoms with E-state index in [2.05, 4.69) is 5.32 Å². The van der Waals surface area contributed by atoms with E-state index in [1.54, 1.807) is 24.3 Å². The number of rotatable bonds is 4. The lowest BCUT2D eigenvalue weighted by molar-refractivity contribution is -0.384. The molecule has 0 saturated heterocycles. The fourth-order valence-corrected chi connectivity index (χ4v) is 2.87. The number of anilines is 1. The molecule has 0 atom stereocenters. The molecule has 0 radical (unpaired) electrons. The van der Waals surface area contributed by atoms with Crippen LogP contribution in [-0.4, -0.2) is 10.8 Å². The molecule has 4 aromatic rings. The molecule has 27 heavy (non-hydrogen) atoms. The minimum Gasteiger partial charge on any atom is -0.456 e. The van der Waals surface area contributed by atoms with Crippen LogP contribution in [0.15, 0.2) is 77.2 Å². The number of hydrogen-bond acceptors (Lipinski definition) is 4. The second kappa shape index (κ2) is 6.76. The first kappa shape index (κ1) is 16.5. The highest BCUT2D eigenvalue weighted by Crippen LogP contribution is 2.30. The van der Waals surface area contributed by atoms with Crippen LogP contribution in [0.4, 0.5) is 11.4 Å². The third-order valence-electron chi connectivity index (χ3n) is 4.18. The maximum atomic E-state index is 12.1. The summed E-state index contributed by atoms with van der Waals surface area (Å²) in [4.78, 5) is 22.3. The molecule has 0 fully saturated rings. The molecule has 1 N–H and O–H groups in total. The second-order valence-electron chi connectivity index (χ2n) is 5.98. The first-order valence-electron chi connectivity index (χ1n) is 8.25. The van der Waals surface area contributed by atoms with E-state index in [-0.39, 0.29) is 11.6 Å². The lowest BCUT2D eigenvalue weighted by Gasteiger charge is -2.01. The van der Waals surface area contributed by atoms with Crippen LogP contribution in [0.5, 0.6) is 0 Å². The molecule has 0 unspecified atom stereocenters. The van der Waals surface area contributed by atoms with Gasteiger partial charge in [-0.1, -0.05) is 18.2 Å². The fraction of sp³-hybridized carbons (Fsp3) is 0. The topological polar surface area (TPSA) is 85.4 Å². The Kier molecular flexibility index (Phi) is 4.14. The molecule has 6 nitrogen and oxygen atoms in total. The SMILES string of the molecule is O=C(/C=C/c1ccc([N+](=O)[O-])cc1)Nc1ccc2c(c1)oc1ccccc12. The molecule has 0 bridgehead atoms. The predicted molar refractivity (Wildman–Crippen MR) is 104 cm³/mol. The summed E-state index contributed by atoms with van der Waals surface area (Å²) in [6.07, 6.45) is 2.97. The zero-order valence-electron chi connectivity index (χ0n) is 14.1. The predicted octanol–water partition coefficient (Wildman–Crippen LogP) is 5.15. The van der Waals surface area contributed by atoms with Crippen molar-refractivity contribution >= 4 is 45.3 Å². The number of non-ortho nitro benzene ring substituents is 1. The van der Waals surface area contributed by atoms with Crippen molar-refractivity contribution in [2.45, 2.75) is 0 Å². The number of nitro groups is 1. The maximum Gasteiger partial charge on any atom is 0.269 e. The highest BCUT2D eigenvalue weighted by atomic mass is 16.6. The van der Waals surface area contributed by atoms with Gasteiger partial charge in [-0.15, -0.1) is 0 Å². The van der Waals surface area contributed by atoms with Crippen LogP contribution in [0, 0.1) is 10.1 Å². The fourth-order valence-electron chi connectivity index (χ4n) is 2.87. The largest absolute Gasteiger partial charge is 0.456 e. The third kappa shape index (κ3) is 3.41. The molecule has 1 aromatic heterocycles. The number of benzene rings is 3. The van der Waals surface area contributed by atoms with Crippen molar-refractivity contribution in [3.63, 3.8) is 0 Å². The Bertz CT molecular complexity index is 1190. The first-order chi connectivity index (χ1) is 13.1. The van der Waals surface area contributed by atoms with Gasteiger partial charge in [-0.05, 0) is 42.0 Å². The van der Waals surface area contributed by atoms with Crippen LogP contribution >= 0.6 is 0 Å². The van der Waals surface area contributed by atoms with E-state index in [9.17, 15) is 14.9 Å². The lowest BCUT2D eigenvalue weighted by atomic mass is 10.1. The van der Waals surface area contributed by atoms with E-state index in [0.29, 0.717) is 16.8 Å². The van der Waals surface area contributed by atoms with Crippen LogP contribution in [0.3, 0.4) is 0 Å². The van der Waals surface area contributed by atoms with Gasteiger partial charge in [0.15, 0.2) is 0 Å². The Morgan fingerprint density at radius 3 is 2.48 bits per heavy atom. The molecule has 6 heteroatoms. The van der Waals surface area contributed by atoms with Gasteiger partial charge in [0.2, 0.25) is 5.91 Å². The first-order valence-corrected chi connectivity index (χ1v) is 8.25. The van der Waals surface area contributed by atoms with Crippen molar-refractivity contribution in [3.05, 3.63) is 88.5 Å². The van der Waals surface area contributed by atoms with Gasteiger partial charge in [0.1, 0.15) is 11.2 Å². The van der Waals surface area contributed by atoms with Crippen molar-refractivity contribution in [1.29, 1.82) is 0 Å². The number of fused-ring (bicyclic) bond motifs is 3. The molecule has 0 aliphatic heterocycles. The van der Waals surface area contributed by atoms with E-state index in [4.69, 9.17) is 4.42 Å². The quantitative estimate of drug-likeness (QED) is 0.311. The minimum absolute atomic E-state index is 0.00994. The molecule has 1 heterocycles. The zero-order chi connectivity index (χ0) is 18.8. The van der Waals surface area contributed by atoms with Crippen molar-refractivity contribution < 1.29 is 14.1 Å². The summed E-state index contributed by atoms with van der Waals surface area (Å²) in [5, 5.41) is 15.5. The van der Waals surface area contributed by atoms with Crippen LogP contribution in [0.2, 0.25) is 0 Å². The summed E-state index contributed by atoms with van der Waals surface area (Å²) < 4.78 is 5.81. The molecule has 0 aliphatic carbocycles. The molecule has 132 valence electrons. The van der Waals surface area contributed by atoms with E-state index in [1.807, 2.05) is 36.4 Å². The van der Waals surface area contributed by atoms with Gasteiger partial charge >= 0.3 is 0 Å². The lowest BCUT2D eigenvalue weighted by Crippen LogP contribution is -2.07. The second-order valence-corrected chi connectivity index (χ2v) is 5.98. The third-order valence-corrected chi connectivity index (χ3v) is 4.18. The molecular weight excluding hydrogens is 344 g/mol. The minimum atomic E-state index is -0.464. The Morgan fingerprint density at radius 2 is 1.70 bits per heavy atom.